The number of carbonyl (C=O) groups is 1. The Morgan fingerprint density at radius 1 is 1.00 bits per heavy atom. The van der Waals surface area contributed by atoms with Crippen LogP contribution in [0.25, 0.3) is 11.3 Å². The number of benzene rings is 2. The fourth-order valence-electron chi connectivity index (χ4n) is 2.42. The van der Waals surface area contributed by atoms with E-state index >= 15 is 0 Å². The molecule has 0 saturated heterocycles. The van der Waals surface area contributed by atoms with Gasteiger partial charge in [0.15, 0.2) is 0 Å². The molecule has 1 heterocycles. The average molecular weight is 378 g/mol. The third kappa shape index (κ3) is 3.68. The summed E-state index contributed by atoms with van der Waals surface area (Å²) < 4.78 is 5.49. The molecule has 1 amide bonds. The third-order valence-corrected chi connectivity index (χ3v) is 3.74. The van der Waals surface area contributed by atoms with Crippen molar-refractivity contribution in [2.24, 2.45) is 0 Å². The second kappa shape index (κ2) is 7.38. The van der Waals surface area contributed by atoms with E-state index in [2.05, 4.69) is 5.32 Å². The van der Waals surface area contributed by atoms with Crippen LogP contribution in [0.5, 0.6) is 0 Å². The average Bonchev–Trinajstić information content (AvgIpc) is 3.11. The van der Waals surface area contributed by atoms with Crippen LogP contribution >= 0.6 is 0 Å². The molecule has 0 saturated carbocycles. The zero-order chi connectivity index (χ0) is 20.3. The highest BCUT2D eigenvalue weighted by Gasteiger charge is 2.18. The van der Waals surface area contributed by atoms with Gasteiger partial charge < -0.3 is 4.42 Å². The molecule has 0 aliphatic rings. The predicted molar refractivity (Wildman–Crippen MR) is 96.6 cm³/mol. The minimum absolute atomic E-state index is 0.000266. The molecule has 0 unspecified atom stereocenters. The molecular formula is C18H10N4O6. The summed E-state index contributed by atoms with van der Waals surface area (Å²) in [5.41, 5.74) is -0.0623. The molecule has 0 spiro atoms. The van der Waals surface area contributed by atoms with E-state index in [1.165, 1.54) is 42.5 Å². The smallest absolute Gasteiger partial charge is 0.270 e. The van der Waals surface area contributed by atoms with E-state index in [9.17, 15) is 30.3 Å². The lowest BCUT2D eigenvalue weighted by atomic mass is 10.1. The Morgan fingerprint density at radius 3 is 2.29 bits per heavy atom. The van der Waals surface area contributed by atoms with E-state index in [4.69, 9.17) is 4.42 Å². The maximum absolute atomic E-state index is 12.4. The van der Waals surface area contributed by atoms with Gasteiger partial charge in [-0.25, -0.2) is 0 Å². The first kappa shape index (κ1) is 18.3. The van der Waals surface area contributed by atoms with Crippen molar-refractivity contribution in [1.82, 2.24) is 0 Å². The first-order chi connectivity index (χ1) is 13.4. The number of nitro groups is 2. The van der Waals surface area contributed by atoms with Gasteiger partial charge >= 0.3 is 0 Å². The minimum Gasteiger partial charge on any atom is -0.439 e. The van der Waals surface area contributed by atoms with Crippen molar-refractivity contribution in [3.8, 4) is 17.4 Å². The second-order valence-electron chi connectivity index (χ2n) is 5.53. The molecule has 1 aromatic heterocycles. The SMILES string of the molecule is N#Cc1cc(-c2cccc([N+](=O)[O-])c2)oc1NC(=O)c1cccc([N+](=O)[O-])c1. The standard InChI is InChI=1S/C18H10N4O6/c19-10-13-9-16(11-3-1-5-14(7-11)21(24)25)28-18(13)20-17(23)12-4-2-6-15(8-12)22(26)27/h1-9H,(H,20,23). The number of non-ortho nitro benzene ring substituents is 2. The summed E-state index contributed by atoms with van der Waals surface area (Å²) in [4.78, 5) is 32.9. The van der Waals surface area contributed by atoms with Crippen molar-refractivity contribution in [2.75, 3.05) is 5.32 Å². The molecule has 3 aromatic rings. The summed E-state index contributed by atoms with van der Waals surface area (Å²) in [6.45, 7) is 0. The molecule has 3 rings (SSSR count). The molecule has 0 bridgehead atoms. The van der Waals surface area contributed by atoms with Crippen LogP contribution in [0.3, 0.4) is 0 Å². The second-order valence-corrected chi connectivity index (χ2v) is 5.53. The Morgan fingerprint density at radius 2 is 1.64 bits per heavy atom. The number of nitro benzene ring substituents is 2. The fraction of sp³-hybridized carbons (Fsp3) is 0. The van der Waals surface area contributed by atoms with Crippen molar-refractivity contribution < 1.29 is 19.1 Å². The molecule has 10 heteroatoms. The van der Waals surface area contributed by atoms with E-state index in [0.29, 0.717) is 5.56 Å². The van der Waals surface area contributed by atoms with Crippen molar-refractivity contribution in [3.63, 3.8) is 0 Å². The number of furan rings is 1. The molecule has 0 radical (unpaired) electrons. The first-order valence-electron chi connectivity index (χ1n) is 7.73. The molecule has 0 atom stereocenters. The molecular weight excluding hydrogens is 368 g/mol. The largest absolute Gasteiger partial charge is 0.439 e. The number of nitrogens with one attached hydrogen (secondary N) is 1. The normalized spacial score (nSPS) is 10.1. The zero-order valence-electron chi connectivity index (χ0n) is 14.0. The summed E-state index contributed by atoms with van der Waals surface area (Å²) >= 11 is 0. The van der Waals surface area contributed by atoms with Crippen LogP contribution in [0.1, 0.15) is 15.9 Å². The van der Waals surface area contributed by atoms with E-state index in [0.717, 1.165) is 6.07 Å². The van der Waals surface area contributed by atoms with Gasteiger partial charge in [-0.05, 0) is 6.07 Å². The first-order valence-corrected chi connectivity index (χ1v) is 7.73. The summed E-state index contributed by atoms with van der Waals surface area (Å²) in [5, 5.41) is 33.4. The van der Waals surface area contributed by atoms with Gasteiger partial charge in [0.1, 0.15) is 17.4 Å². The summed E-state index contributed by atoms with van der Waals surface area (Å²) in [5.74, 6) is -0.727. The highest BCUT2D eigenvalue weighted by molar-refractivity contribution is 6.04. The number of anilines is 1. The molecule has 0 fully saturated rings. The number of amides is 1. The Kier molecular flexibility index (Phi) is 4.82. The van der Waals surface area contributed by atoms with Crippen LogP contribution < -0.4 is 5.32 Å². The Labute approximate surface area is 156 Å². The Balaban J connectivity index is 1.91. The molecule has 138 valence electrons. The van der Waals surface area contributed by atoms with Crippen LogP contribution in [0.4, 0.5) is 17.3 Å². The van der Waals surface area contributed by atoms with Crippen LogP contribution in [-0.4, -0.2) is 15.8 Å². The van der Waals surface area contributed by atoms with Crippen LogP contribution in [-0.2, 0) is 0 Å². The predicted octanol–water partition coefficient (Wildman–Crippen LogP) is 3.89. The molecule has 1 N–H and O–H groups in total. The lowest BCUT2D eigenvalue weighted by Gasteiger charge is -2.03. The van der Waals surface area contributed by atoms with Crippen molar-refractivity contribution in [3.05, 3.63) is 86.0 Å². The molecule has 0 aliphatic carbocycles. The number of rotatable bonds is 5. The van der Waals surface area contributed by atoms with Gasteiger partial charge in [0.25, 0.3) is 17.3 Å². The van der Waals surface area contributed by atoms with Gasteiger partial charge in [0.05, 0.1) is 9.85 Å². The van der Waals surface area contributed by atoms with Crippen molar-refractivity contribution >= 4 is 23.2 Å². The maximum atomic E-state index is 12.4. The molecule has 2 aromatic carbocycles. The van der Waals surface area contributed by atoms with E-state index in [1.807, 2.05) is 6.07 Å². The number of carbonyl (C=O) groups excluding carboxylic acids is 1. The monoisotopic (exact) mass is 378 g/mol. The number of nitrogens with zero attached hydrogens (tertiary/aromatic N) is 3. The number of nitriles is 1. The molecule has 10 nitrogen and oxygen atoms in total. The summed E-state index contributed by atoms with van der Waals surface area (Å²) in [6, 6.07) is 13.8. The van der Waals surface area contributed by atoms with E-state index in [1.54, 1.807) is 6.07 Å². The highest BCUT2D eigenvalue weighted by atomic mass is 16.6. The van der Waals surface area contributed by atoms with E-state index in [-0.39, 0.29) is 34.1 Å². The van der Waals surface area contributed by atoms with Crippen LogP contribution in [0.15, 0.2) is 59.0 Å². The Hall–Kier alpha value is -4.52. The highest BCUT2D eigenvalue weighted by Crippen LogP contribution is 2.31. The molecule has 28 heavy (non-hydrogen) atoms. The molecule has 0 aliphatic heterocycles. The van der Waals surface area contributed by atoms with E-state index < -0.39 is 15.8 Å². The lowest BCUT2D eigenvalue weighted by Crippen LogP contribution is -2.12. The van der Waals surface area contributed by atoms with Gasteiger partial charge in [0, 0.05) is 41.5 Å². The fourth-order valence-corrected chi connectivity index (χ4v) is 2.42. The quantitative estimate of drug-likeness (QED) is 0.522. The number of hydrogen-bond acceptors (Lipinski definition) is 7. The number of hydrogen-bond donors (Lipinski definition) is 1. The van der Waals surface area contributed by atoms with Crippen molar-refractivity contribution in [2.45, 2.75) is 0 Å². The minimum atomic E-state index is -0.708. The van der Waals surface area contributed by atoms with Crippen LogP contribution in [0, 0.1) is 31.6 Å². The lowest BCUT2D eigenvalue weighted by molar-refractivity contribution is -0.385. The topological polar surface area (TPSA) is 152 Å². The van der Waals surface area contributed by atoms with Gasteiger partial charge in [-0.2, -0.15) is 5.26 Å². The van der Waals surface area contributed by atoms with Gasteiger partial charge in [-0.15, -0.1) is 0 Å². The van der Waals surface area contributed by atoms with Crippen LogP contribution in [0.2, 0.25) is 0 Å². The van der Waals surface area contributed by atoms with Gasteiger partial charge in [0.2, 0.25) is 5.88 Å². The van der Waals surface area contributed by atoms with Gasteiger partial charge in [-0.1, -0.05) is 18.2 Å². The zero-order valence-corrected chi connectivity index (χ0v) is 14.0. The van der Waals surface area contributed by atoms with Gasteiger partial charge in [-0.3, -0.25) is 30.3 Å². The Bertz CT molecular complexity index is 1140. The summed E-state index contributed by atoms with van der Waals surface area (Å²) in [7, 11) is 0. The maximum Gasteiger partial charge on any atom is 0.270 e. The van der Waals surface area contributed by atoms with Crippen molar-refractivity contribution in [1.29, 1.82) is 5.26 Å². The summed E-state index contributed by atoms with van der Waals surface area (Å²) in [6.07, 6.45) is 0. The third-order valence-electron chi connectivity index (χ3n) is 3.74.